The van der Waals surface area contributed by atoms with Gasteiger partial charge in [0.05, 0.1) is 24.7 Å². The number of carbonyl (C=O) groups excluding carboxylic acids is 1. The number of nitrogens with one attached hydrogen (secondary N) is 1. The zero-order valence-electron chi connectivity index (χ0n) is 16.3. The Balaban J connectivity index is 2.42. The van der Waals surface area contributed by atoms with Crippen LogP contribution in [0.1, 0.15) is 24.5 Å². The van der Waals surface area contributed by atoms with E-state index in [-0.39, 0.29) is 0 Å². The predicted octanol–water partition coefficient (Wildman–Crippen LogP) is 3.50. The van der Waals surface area contributed by atoms with Crippen molar-refractivity contribution in [2.75, 3.05) is 23.0 Å². The lowest BCUT2D eigenvalue weighted by molar-refractivity contribution is -0.117. The van der Waals surface area contributed by atoms with Crippen molar-refractivity contribution in [3.63, 3.8) is 0 Å². The van der Waals surface area contributed by atoms with Gasteiger partial charge in [0, 0.05) is 0 Å². The van der Waals surface area contributed by atoms with E-state index >= 15 is 0 Å². The second kappa shape index (κ2) is 8.43. The summed E-state index contributed by atoms with van der Waals surface area (Å²) in [6, 6.07) is 11.6. The molecule has 1 atom stereocenters. The van der Waals surface area contributed by atoms with Crippen molar-refractivity contribution in [2.24, 2.45) is 0 Å². The summed E-state index contributed by atoms with van der Waals surface area (Å²) >= 11 is 0. The molecule has 27 heavy (non-hydrogen) atoms. The molecule has 0 aliphatic carbocycles. The molecule has 0 saturated heterocycles. The second-order valence-electron chi connectivity index (χ2n) is 6.51. The summed E-state index contributed by atoms with van der Waals surface area (Å²) in [7, 11) is -2.14. The summed E-state index contributed by atoms with van der Waals surface area (Å²) in [5, 5.41) is 2.82. The summed E-state index contributed by atoms with van der Waals surface area (Å²) in [6.45, 7) is 5.57. The van der Waals surface area contributed by atoms with Crippen molar-refractivity contribution in [1.29, 1.82) is 0 Å². The summed E-state index contributed by atoms with van der Waals surface area (Å²) in [5.74, 6) is 0.110. The van der Waals surface area contributed by atoms with Crippen molar-refractivity contribution in [3.05, 3.63) is 53.6 Å². The van der Waals surface area contributed by atoms with E-state index in [0.29, 0.717) is 23.5 Å². The Morgan fingerprint density at radius 2 is 1.81 bits per heavy atom. The molecule has 0 spiro atoms. The number of rotatable bonds is 7. The highest BCUT2D eigenvalue weighted by atomic mass is 32.2. The van der Waals surface area contributed by atoms with Crippen LogP contribution in [-0.2, 0) is 14.8 Å². The topological polar surface area (TPSA) is 75.7 Å². The molecule has 2 rings (SSSR count). The van der Waals surface area contributed by atoms with Gasteiger partial charge in [-0.05, 0) is 55.7 Å². The first-order valence-electron chi connectivity index (χ1n) is 8.69. The van der Waals surface area contributed by atoms with Gasteiger partial charge in [0.2, 0.25) is 15.9 Å². The molecule has 146 valence electrons. The lowest BCUT2D eigenvalue weighted by atomic mass is 10.1. The number of hydrogen-bond donors (Lipinski definition) is 1. The molecule has 7 heteroatoms. The lowest BCUT2D eigenvalue weighted by Gasteiger charge is -2.30. The Bertz CT molecular complexity index is 925. The molecule has 6 nitrogen and oxygen atoms in total. The molecule has 0 bridgehead atoms. The van der Waals surface area contributed by atoms with Gasteiger partial charge in [0.25, 0.3) is 0 Å². The Morgan fingerprint density at radius 3 is 2.37 bits per heavy atom. The second-order valence-corrected chi connectivity index (χ2v) is 8.37. The zero-order chi connectivity index (χ0) is 20.2. The van der Waals surface area contributed by atoms with Gasteiger partial charge in [-0.25, -0.2) is 8.42 Å². The van der Waals surface area contributed by atoms with Gasteiger partial charge in [-0.3, -0.25) is 9.10 Å². The number of benzene rings is 2. The summed E-state index contributed by atoms with van der Waals surface area (Å²) in [6.07, 6.45) is 1.43. The van der Waals surface area contributed by atoms with Gasteiger partial charge in [0.15, 0.2) is 0 Å². The number of sulfonamides is 1. The molecular formula is C20H26N2O4S. The van der Waals surface area contributed by atoms with Crippen molar-refractivity contribution < 1.29 is 17.9 Å². The molecule has 0 aliphatic rings. The Labute approximate surface area is 161 Å². The molecular weight excluding hydrogens is 364 g/mol. The van der Waals surface area contributed by atoms with E-state index in [2.05, 4.69) is 5.32 Å². The fourth-order valence-corrected chi connectivity index (χ4v) is 4.16. The average molecular weight is 391 g/mol. The van der Waals surface area contributed by atoms with E-state index in [4.69, 9.17) is 4.74 Å². The molecule has 2 aromatic carbocycles. The number of ether oxygens (including phenoxy) is 1. The van der Waals surface area contributed by atoms with Crippen LogP contribution in [-0.4, -0.2) is 33.7 Å². The van der Waals surface area contributed by atoms with Crippen LogP contribution in [0.2, 0.25) is 0 Å². The number of hydrogen-bond acceptors (Lipinski definition) is 4. The van der Waals surface area contributed by atoms with E-state index < -0.39 is 22.0 Å². The normalized spacial score (nSPS) is 12.3. The molecule has 0 fully saturated rings. The summed E-state index contributed by atoms with van der Waals surface area (Å²) in [4.78, 5) is 13.0. The standard InChI is InChI=1S/C20H26N2O4S/c1-6-18(20(23)21-17-13-15(3)10-11-19(17)26-4)22(27(5,24)25)16-9-7-8-14(2)12-16/h7-13,18H,6H2,1-5H3,(H,21,23). The predicted molar refractivity (Wildman–Crippen MR) is 109 cm³/mol. The fourth-order valence-electron chi connectivity index (χ4n) is 2.96. The van der Waals surface area contributed by atoms with Crippen LogP contribution in [0, 0.1) is 13.8 Å². The minimum Gasteiger partial charge on any atom is -0.495 e. The van der Waals surface area contributed by atoms with Crippen molar-refractivity contribution >= 4 is 27.3 Å². The van der Waals surface area contributed by atoms with E-state index in [0.717, 1.165) is 17.4 Å². The number of nitrogens with zero attached hydrogens (tertiary/aromatic N) is 1. The number of aryl methyl sites for hydroxylation is 2. The third-order valence-electron chi connectivity index (χ3n) is 4.20. The van der Waals surface area contributed by atoms with Gasteiger partial charge < -0.3 is 10.1 Å². The number of carbonyl (C=O) groups is 1. The summed E-state index contributed by atoms with van der Waals surface area (Å²) in [5.41, 5.74) is 2.85. The highest BCUT2D eigenvalue weighted by Gasteiger charge is 2.32. The maximum atomic E-state index is 13.0. The highest BCUT2D eigenvalue weighted by molar-refractivity contribution is 7.92. The molecule has 0 aromatic heterocycles. The van der Waals surface area contributed by atoms with Gasteiger partial charge in [0.1, 0.15) is 11.8 Å². The van der Waals surface area contributed by atoms with Crippen LogP contribution in [0.25, 0.3) is 0 Å². The maximum absolute atomic E-state index is 13.0. The SMILES string of the molecule is CCC(C(=O)Nc1cc(C)ccc1OC)N(c1cccc(C)c1)S(C)(=O)=O. The highest BCUT2D eigenvalue weighted by Crippen LogP contribution is 2.28. The van der Waals surface area contributed by atoms with Gasteiger partial charge in [-0.1, -0.05) is 25.1 Å². The van der Waals surface area contributed by atoms with Crippen LogP contribution < -0.4 is 14.4 Å². The first kappa shape index (κ1) is 20.8. The zero-order valence-corrected chi connectivity index (χ0v) is 17.1. The van der Waals surface area contributed by atoms with Gasteiger partial charge in [-0.2, -0.15) is 0 Å². The Morgan fingerprint density at radius 1 is 1.15 bits per heavy atom. The minimum atomic E-state index is -3.67. The molecule has 1 N–H and O–H groups in total. The van der Waals surface area contributed by atoms with Gasteiger partial charge in [-0.15, -0.1) is 0 Å². The molecule has 2 aromatic rings. The average Bonchev–Trinajstić information content (AvgIpc) is 2.58. The molecule has 0 heterocycles. The number of amides is 1. The van der Waals surface area contributed by atoms with E-state index in [1.165, 1.54) is 11.4 Å². The monoisotopic (exact) mass is 390 g/mol. The fraction of sp³-hybridized carbons (Fsp3) is 0.350. The van der Waals surface area contributed by atoms with Crippen molar-refractivity contribution in [2.45, 2.75) is 33.2 Å². The summed E-state index contributed by atoms with van der Waals surface area (Å²) < 4.78 is 31.5. The first-order chi connectivity index (χ1) is 12.7. The Hall–Kier alpha value is -2.54. The number of anilines is 2. The van der Waals surface area contributed by atoms with E-state index in [1.54, 1.807) is 37.3 Å². The molecule has 1 amide bonds. The third-order valence-corrected chi connectivity index (χ3v) is 5.38. The largest absolute Gasteiger partial charge is 0.495 e. The van der Waals surface area contributed by atoms with Crippen molar-refractivity contribution in [1.82, 2.24) is 0 Å². The van der Waals surface area contributed by atoms with Crippen molar-refractivity contribution in [3.8, 4) is 5.75 Å². The van der Waals surface area contributed by atoms with Gasteiger partial charge >= 0.3 is 0 Å². The molecule has 0 aliphatic heterocycles. The molecule has 0 radical (unpaired) electrons. The van der Waals surface area contributed by atoms with Crippen LogP contribution in [0.5, 0.6) is 5.75 Å². The van der Waals surface area contributed by atoms with E-state index in [1.807, 2.05) is 26.0 Å². The van der Waals surface area contributed by atoms with Crippen LogP contribution >= 0.6 is 0 Å². The lowest BCUT2D eigenvalue weighted by Crippen LogP contribution is -2.47. The molecule has 0 saturated carbocycles. The smallest absolute Gasteiger partial charge is 0.248 e. The quantitative estimate of drug-likeness (QED) is 0.785. The third kappa shape index (κ3) is 5.01. The Kier molecular flexibility index (Phi) is 6.49. The first-order valence-corrected chi connectivity index (χ1v) is 10.5. The van der Waals surface area contributed by atoms with Crippen LogP contribution in [0.15, 0.2) is 42.5 Å². The van der Waals surface area contributed by atoms with Crippen LogP contribution in [0.3, 0.4) is 0 Å². The van der Waals surface area contributed by atoms with E-state index in [9.17, 15) is 13.2 Å². The maximum Gasteiger partial charge on any atom is 0.248 e. The van der Waals surface area contributed by atoms with Crippen LogP contribution in [0.4, 0.5) is 11.4 Å². The minimum absolute atomic E-state index is 0.320. The molecule has 1 unspecified atom stereocenters. The number of methoxy groups -OCH3 is 1.